The van der Waals surface area contributed by atoms with Gasteiger partial charge >= 0.3 is 0 Å². The van der Waals surface area contributed by atoms with Gasteiger partial charge in [-0.25, -0.2) is 9.50 Å². The van der Waals surface area contributed by atoms with E-state index in [-0.39, 0.29) is 5.56 Å². The molecule has 10 heteroatoms. The number of hydrogen-bond acceptors (Lipinski definition) is 8. The van der Waals surface area contributed by atoms with Crippen molar-refractivity contribution in [3.8, 4) is 17.1 Å². The molecular weight excluding hydrogens is 450 g/mol. The number of nitrogens with zero attached hydrogens (tertiary/aromatic N) is 4. The second-order valence-electron chi connectivity index (χ2n) is 8.30. The van der Waals surface area contributed by atoms with Crippen LogP contribution in [-0.2, 0) is 20.7 Å². The molecule has 1 aromatic carbocycles. The van der Waals surface area contributed by atoms with Crippen LogP contribution in [0, 0.1) is 0 Å². The number of aromatic amines is 1. The number of H-pyrrole nitrogens is 1. The lowest BCUT2D eigenvalue weighted by atomic mass is 10.1. The number of rotatable bonds is 5. The van der Waals surface area contributed by atoms with Gasteiger partial charge in [0.05, 0.1) is 31.7 Å². The van der Waals surface area contributed by atoms with Crippen LogP contribution in [0.4, 0.5) is 5.69 Å². The molecule has 188 valence electrons. The third-order valence-electron chi connectivity index (χ3n) is 6.46. The van der Waals surface area contributed by atoms with Crippen molar-refractivity contribution in [2.45, 2.75) is 44.9 Å². The predicted molar refractivity (Wildman–Crippen MR) is 133 cm³/mol. The number of carbonyl (C=O) groups is 2. The van der Waals surface area contributed by atoms with E-state index in [0.29, 0.717) is 36.9 Å². The highest BCUT2D eigenvalue weighted by atomic mass is 16.5. The van der Waals surface area contributed by atoms with Gasteiger partial charge in [-0.3, -0.25) is 4.79 Å². The number of nitrogens with one attached hydrogen (secondary N) is 1. The molecule has 35 heavy (non-hydrogen) atoms. The van der Waals surface area contributed by atoms with Gasteiger partial charge < -0.3 is 28.9 Å². The minimum absolute atomic E-state index is 0.137. The lowest BCUT2D eigenvalue weighted by molar-refractivity contribution is -0.0987. The standard InChI is InChI=1S/C23H29N5O3.2CH2O/c1-3-17-20-23(29)25-21(26-28(20)22(24-17)15-6-4-5-7-15)16-8-9-19(30-2)18(14-16)27-10-12-31-13-11-27;2*1-2/h8-9,14-15H,3-7,10-13H2,1-2H3,(H,25,26,29);2*1H2. The summed E-state index contributed by atoms with van der Waals surface area (Å²) in [6.07, 6.45) is 5.34. The van der Waals surface area contributed by atoms with Crippen molar-refractivity contribution < 1.29 is 19.1 Å². The van der Waals surface area contributed by atoms with Gasteiger partial charge in [0.15, 0.2) is 11.3 Å². The third-order valence-corrected chi connectivity index (χ3v) is 6.46. The Bertz CT molecular complexity index is 1180. The summed E-state index contributed by atoms with van der Waals surface area (Å²) in [6, 6.07) is 5.93. The smallest absolute Gasteiger partial charge is 0.277 e. The number of carbonyl (C=O) groups excluding carboxylic acids is 2. The predicted octanol–water partition coefficient (Wildman–Crippen LogP) is 2.78. The maximum absolute atomic E-state index is 13.1. The molecule has 0 unspecified atom stereocenters. The van der Waals surface area contributed by atoms with Crippen molar-refractivity contribution in [3.63, 3.8) is 0 Å². The second-order valence-corrected chi connectivity index (χ2v) is 8.30. The Balaban J connectivity index is 0.000000815. The van der Waals surface area contributed by atoms with Gasteiger partial charge in [-0.2, -0.15) is 0 Å². The minimum Gasteiger partial charge on any atom is -0.495 e. The summed E-state index contributed by atoms with van der Waals surface area (Å²) in [4.78, 5) is 39.2. The highest BCUT2D eigenvalue weighted by Gasteiger charge is 2.26. The van der Waals surface area contributed by atoms with E-state index in [1.807, 2.05) is 43.2 Å². The van der Waals surface area contributed by atoms with Crippen molar-refractivity contribution in [1.82, 2.24) is 19.6 Å². The highest BCUT2D eigenvalue weighted by molar-refractivity contribution is 5.69. The number of benzene rings is 1. The molecule has 2 aromatic heterocycles. The van der Waals surface area contributed by atoms with E-state index < -0.39 is 0 Å². The average molecular weight is 484 g/mol. The second kappa shape index (κ2) is 12.3. The topological polar surface area (TPSA) is 119 Å². The molecule has 5 rings (SSSR count). The average Bonchev–Trinajstić information content (AvgIpc) is 3.59. The number of fused-ring (bicyclic) bond motifs is 1. The van der Waals surface area contributed by atoms with E-state index in [1.165, 1.54) is 12.8 Å². The van der Waals surface area contributed by atoms with Gasteiger partial charge in [-0.15, -0.1) is 5.10 Å². The quantitative estimate of drug-likeness (QED) is 0.588. The molecule has 1 N–H and O–H groups in total. The Kier molecular flexibility index (Phi) is 9.13. The monoisotopic (exact) mass is 483 g/mol. The number of morpholine rings is 1. The fourth-order valence-corrected chi connectivity index (χ4v) is 4.81. The number of aryl methyl sites for hydroxylation is 1. The molecule has 0 amide bonds. The Hall–Kier alpha value is -3.53. The summed E-state index contributed by atoms with van der Waals surface area (Å²) >= 11 is 0. The highest BCUT2D eigenvalue weighted by Crippen LogP contribution is 2.35. The third kappa shape index (κ3) is 5.27. The Morgan fingerprint density at radius 1 is 1.14 bits per heavy atom. The molecule has 3 aromatic rings. The van der Waals surface area contributed by atoms with Gasteiger partial charge in [-0.05, 0) is 37.5 Å². The lowest BCUT2D eigenvalue weighted by Crippen LogP contribution is -2.36. The van der Waals surface area contributed by atoms with Crippen LogP contribution < -0.4 is 15.2 Å². The molecule has 2 aliphatic rings. The van der Waals surface area contributed by atoms with Crippen LogP contribution >= 0.6 is 0 Å². The molecule has 0 radical (unpaired) electrons. The summed E-state index contributed by atoms with van der Waals surface area (Å²) in [5.41, 5.74) is 3.11. The first-order valence-corrected chi connectivity index (χ1v) is 11.8. The van der Waals surface area contributed by atoms with E-state index >= 15 is 0 Å². The van der Waals surface area contributed by atoms with Crippen LogP contribution in [0.1, 0.15) is 50.0 Å². The first kappa shape index (κ1) is 26.1. The van der Waals surface area contributed by atoms with Crippen LogP contribution in [0.5, 0.6) is 5.75 Å². The largest absolute Gasteiger partial charge is 0.495 e. The molecule has 2 fully saturated rings. The van der Waals surface area contributed by atoms with Crippen molar-refractivity contribution in [2.75, 3.05) is 38.3 Å². The zero-order valence-corrected chi connectivity index (χ0v) is 20.4. The van der Waals surface area contributed by atoms with E-state index in [4.69, 9.17) is 29.1 Å². The van der Waals surface area contributed by atoms with Crippen LogP contribution in [-0.4, -0.2) is 66.6 Å². The summed E-state index contributed by atoms with van der Waals surface area (Å²) in [5, 5.41) is 4.88. The zero-order valence-electron chi connectivity index (χ0n) is 20.4. The molecule has 0 spiro atoms. The maximum atomic E-state index is 13.1. The molecule has 10 nitrogen and oxygen atoms in total. The summed E-state index contributed by atoms with van der Waals surface area (Å²) in [6.45, 7) is 9.01. The number of ether oxygens (including phenoxy) is 2. The Morgan fingerprint density at radius 2 is 1.83 bits per heavy atom. The maximum Gasteiger partial charge on any atom is 0.277 e. The van der Waals surface area contributed by atoms with Crippen LogP contribution in [0.3, 0.4) is 0 Å². The molecule has 3 heterocycles. The first-order chi connectivity index (χ1) is 17.2. The van der Waals surface area contributed by atoms with Crippen molar-refractivity contribution in [2.24, 2.45) is 0 Å². The van der Waals surface area contributed by atoms with E-state index in [9.17, 15) is 4.79 Å². The number of hydrogen-bond donors (Lipinski definition) is 1. The van der Waals surface area contributed by atoms with Gasteiger partial charge in [-0.1, -0.05) is 19.8 Å². The summed E-state index contributed by atoms with van der Waals surface area (Å²) in [7, 11) is 1.68. The Morgan fingerprint density at radius 3 is 2.46 bits per heavy atom. The van der Waals surface area contributed by atoms with Crippen LogP contribution in [0.25, 0.3) is 16.9 Å². The van der Waals surface area contributed by atoms with Gasteiger partial charge in [0.25, 0.3) is 5.56 Å². The van der Waals surface area contributed by atoms with Gasteiger partial charge in [0.2, 0.25) is 0 Å². The summed E-state index contributed by atoms with van der Waals surface area (Å²) < 4.78 is 12.9. The van der Waals surface area contributed by atoms with Gasteiger partial charge in [0, 0.05) is 24.6 Å². The molecule has 1 saturated heterocycles. The first-order valence-electron chi connectivity index (χ1n) is 11.8. The fraction of sp³-hybridized carbons (Fsp3) is 0.480. The van der Waals surface area contributed by atoms with E-state index in [1.54, 1.807) is 7.11 Å². The molecule has 0 bridgehead atoms. The number of imidazole rings is 1. The molecule has 1 saturated carbocycles. The summed E-state index contributed by atoms with van der Waals surface area (Å²) in [5.74, 6) is 2.65. The number of methoxy groups -OCH3 is 1. The van der Waals surface area contributed by atoms with E-state index in [0.717, 1.165) is 54.4 Å². The Labute approximate surface area is 204 Å². The van der Waals surface area contributed by atoms with Crippen molar-refractivity contribution in [3.05, 3.63) is 40.1 Å². The fourth-order valence-electron chi connectivity index (χ4n) is 4.81. The molecule has 1 aliphatic carbocycles. The van der Waals surface area contributed by atoms with Crippen LogP contribution in [0.2, 0.25) is 0 Å². The molecular formula is C25H33N5O5. The number of aromatic nitrogens is 4. The van der Waals surface area contributed by atoms with Crippen molar-refractivity contribution >= 4 is 24.8 Å². The van der Waals surface area contributed by atoms with Crippen molar-refractivity contribution in [1.29, 1.82) is 0 Å². The lowest BCUT2D eigenvalue weighted by Gasteiger charge is -2.30. The SMILES string of the molecule is C=O.C=O.CCc1nc(C2CCCC2)n2nc(-c3ccc(OC)c(N4CCOCC4)c3)[nH]c(=O)c12. The van der Waals surface area contributed by atoms with Gasteiger partial charge in [0.1, 0.15) is 25.2 Å². The molecule has 1 aliphatic heterocycles. The van der Waals surface area contributed by atoms with E-state index in [2.05, 4.69) is 9.88 Å². The van der Waals surface area contributed by atoms with Crippen LogP contribution in [0.15, 0.2) is 23.0 Å². The minimum atomic E-state index is -0.137. The zero-order chi connectivity index (χ0) is 25.4. The number of anilines is 1. The normalized spacial score (nSPS) is 15.8. The molecule has 0 atom stereocenters.